The summed E-state index contributed by atoms with van der Waals surface area (Å²) in [7, 11) is 0. The summed E-state index contributed by atoms with van der Waals surface area (Å²) >= 11 is 4.72. The van der Waals surface area contributed by atoms with Crippen LogP contribution in [0.2, 0.25) is 0 Å². The van der Waals surface area contributed by atoms with Crippen LogP contribution in [0.1, 0.15) is 26.7 Å². The average molecular weight is 262 g/mol. The van der Waals surface area contributed by atoms with Crippen molar-refractivity contribution in [2.75, 3.05) is 0 Å². The van der Waals surface area contributed by atoms with Gasteiger partial charge in [0.05, 0.1) is 0 Å². The molecular weight excluding hydrogens is 247 g/mol. The average Bonchev–Trinajstić information content (AvgIpc) is 2.22. The number of hydrogen-bond donors (Lipinski definition) is 1. The number of nitrogens with zero attached hydrogens (tertiary/aromatic N) is 1. The molecule has 0 bridgehead atoms. The molecule has 0 aliphatic carbocycles. The van der Waals surface area contributed by atoms with Crippen LogP contribution in [-0.2, 0) is 22.2 Å². The van der Waals surface area contributed by atoms with Crippen molar-refractivity contribution in [2.24, 2.45) is 16.3 Å². The molecule has 0 saturated carbocycles. The van der Waals surface area contributed by atoms with E-state index in [4.69, 9.17) is 12.6 Å². The number of amides is 2. The van der Waals surface area contributed by atoms with E-state index in [2.05, 4.69) is 16.9 Å². The topological polar surface area (TPSA) is 58.5 Å². The molecule has 0 aromatic heterocycles. The van der Waals surface area contributed by atoms with Gasteiger partial charge in [-0.25, -0.2) is 4.99 Å². The largest absolute Gasteiger partial charge is 1.00 e. The molecule has 1 heterocycles. The monoisotopic (exact) mass is 262 g/mol. The van der Waals surface area contributed by atoms with Gasteiger partial charge < -0.3 is 17.9 Å². The molecule has 1 rings (SSSR count). The minimum atomic E-state index is -1.13. The Morgan fingerprint density at radius 1 is 1.59 bits per heavy atom. The molecular formula is C11H15N2NaO2S. The molecule has 0 radical (unpaired) electrons. The third kappa shape index (κ3) is 2.96. The van der Waals surface area contributed by atoms with Crippen molar-refractivity contribution < 1.29 is 39.1 Å². The van der Waals surface area contributed by atoms with Gasteiger partial charge in [0.2, 0.25) is 5.91 Å². The van der Waals surface area contributed by atoms with Crippen LogP contribution in [0.5, 0.6) is 0 Å². The van der Waals surface area contributed by atoms with Gasteiger partial charge >= 0.3 is 29.6 Å². The Labute approximate surface area is 129 Å². The number of allylic oxidation sites excluding steroid dienone is 1. The molecule has 0 aromatic carbocycles. The Bertz CT molecular complexity index is 370. The first-order chi connectivity index (χ1) is 7.48. The Morgan fingerprint density at radius 2 is 2.18 bits per heavy atom. The van der Waals surface area contributed by atoms with Crippen molar-refractivity contribution in [1.29, 1.82) is 0 Å². The molecule has 0 saturated heterocycles. The molecule has 1 N–H and O–H groups in total. The van der Waals surface area contributed by atoms with Crippen molar-refractivity contribution >= 4 is 29.6 Å². The van der Waals surface area contributed by atoms with Crippen LogP contribution < -0.4 is 34.9 Å². The predicted molar refractivity (Wildman–Crippen MR) is 64.7 cm³/mol. The van der Waals surface area contributed by atoms with Gasteiger partial charge in [-0.2, -0.15) is 0 Å². The first-order valence-electron chi connectivity index (χ1n) is 5.21. The maximum atomic E-state index is 12.0. The summed E-state index contributed by atoms with van der Waals surface area (Å²) in [5, 5.41) is 2.41. The van der Waals surface area contributed by atoms with E-state index in [-0.39, 0.29) is 46.6 Å². The maximum Gasteiger partial charge on any atom is 1.00 e. The maximum absolute atomic E-state index is 12.0. The third-order valence-corrected chi connectivity index (χ3v) is 3.32. The van der Waals surface area contributed by atoms with Crippen molar-refractivity contribution in [2.45, 2.75) is 26.7 Å². The molecule has 1 aliphatic rings. The van der Waals surface area contributed by atoms with Gasteiger partial charge in [0.25, 0.3) is 5.91 Å². The minimum Gasteiger partial charge on any atom is -0.742 e. The van der Waals surface area contributed by atoms with Crippen LogP contribution in [0.25, 0.3) is 0 Å². The first kappa shape index (κ1) is 16.8. The second-order valence-electron chi connectivity index (χ2n) is 3.95. The van der Waals surface area contributed by atoms with E-state index in [1.54, 1.807) is 6.08 Å². The normalized spacial score (nSPS) is 25.4. The van der Waals surface area contributed by atoms with E-state index in [9.17, 15) is 9.59 Å². The van der Waals surface area contributed by atoms with Crippen LogP contribution >= 0.6 is 0 Å². The zero-order valence-corrected chi connectivity index (χ0v) is 13.3. The van der Waals surface area contributed by atoms with Gasteiger partial charge in [-0.05, 0) is 17.5 Å². The van der Waals surface area contributed by atoms with Crippen LogP contribution in [0.15, 0.2) is 17.6 Å². The van der Waals surface area contributed by atoms with E-state index < -0.39 is 11.3 Å². The number of nitrogens with one attached hydrogen (secondary N) is 1. The number of rotatable bonds is 4. The molecule has 1 aliphatic heterocycles. The van der Waals surface area contributed by atoms with E-state index in [0.29, 0.717) is 6.42 Å². The van der Waals surface area contributed by atoms with Gasteiger partial charge in [0, 0.05) is 0 Å². The van der Waals surface area contributed by atoms with Crippen molar-refractivity contribution in [3.8, 4) is 0 Å². The van der Waals surface area contributed by atoms with Gasteiger partial charge in [-0.1, -0.05) is 26.3 Å². The zero-order valence-electron chi connectivity index (χ0n) is 10.4. The molecule has 0 aromatic rings. The van der Waals surface area contributed by atoms with Crippen LogP contribution in [0.4, 0.5) is 0 Å². The fourth-order valence-electron chi connectivity index (χ4n) is 1.92. The molecule has 0 spiro atoms. The Morgan fingerprint density at radius 3 is 2.59 bits per heavy atom. The Balaban J connectivity index is 0.00000256. The van der Waals surface area contributed by atoms with E-state index >= 15 is 0 Å². The SMILES string of the molecule is C=CCC1(C(C)CC)C(=O)N=C([S-])NC1=O.[Na+]. The van der Waals surface area contributed by atoms with Crippen LogP contribution in [0, 0.1) is 11.3 Å². The van der Waals surface area contributed by atoms with Gasteiger partial charge in [-0.3, -0.25) is 9.59 Å². The molecule has 0 fully saturated rings. The second kappa shape index (κ2) is 6.64. The molecule has 2 amide bonds. The molecule has 2 unspecified atom stereocenters. The summed E-state index contributed by atoms with van der Waals surface area (Å²) in [6, 6.07) is 0. The minimum absolute atomic E-state index is 0. The first-order valence-corrected chi connectivity index (χ1v) is 5.62. The number of amidine groups is 1. The predicted octanol–water partition coefficient (Wildman–Crippen LogP) is -1.84. The number of aliphatic imine (C=N–C) groups is 1. The van der Waals surface area contributed by atoms with E-state index in [0.717, 1.165) is 6.42 Å². The third-order valence-electron chi connectivity index (χ3n) is 3.13. The van der Waals surface area contributed by atoms with Gasteiger partial charge in [0.1, 0.15) is 5.41 Å². The molecule has 4 nitrogen and oxygen atoms in total. The summed E-state index contributed by atoms with van der Waals surface area (Å²) in [5.41, 5.74) is -1.13. The number of carbonyl (C=O) groups excluding carboxylic acids is 2. The quantitative estimate of drug-likeness (QED) is 0.280. The molecule has 17 heavy (non-hydrogen) atoms. The summed E-state index contributed by atoms with van der Waals surface area (Å²) in [6.45, 7) is 7.40. The second-order valence-corrected chi connectivity index (χ2v) is 4.34. The summed E-state index contributed by atoms with van der Waals surface area (Å²) in [6.07, 6.45) is 2.58. The van der Waals surface area contributed by atoms with E-state index in [1.807, 2.05) is 13.8 Å². The van der Waals surface area contributed by atoms with Crippen molar-refractivity contribution in [3.63, 3.8) is 0 Å². The molecule has 88 valence electrons. The molecule has 2 atom stereocenters. The van der Waals surface area contributed by atoms with Gasteiger partial charge in [0.15, 0.2) is 0 Å². The van der Waals surface area contributed by atoms with Crippen molar-refractivity contribution in [1.82, 2.24) is 5.32 Å². The smallest absolute Gasteiger partial charge is 0.742 e. The zero-order chi connectivity index (χ0) is 12.3. The Hall–Kier alpha value is -0.230. The standard InChI is InChI=1S/C11H16N2O2S.Na/c1-4-6-11(7(3)5-2)8(14)12-10(16)13-9(11)15;/h4,7H,1,5-6H2,2-3H3,(H2,12,13,14,15,16);/q;+1/p-1. The summed E-state index contributed by atoms with van der Waals surface area (Å²) in [4.78, 5) is 27.7. The van der Waals surface area contributed by atoms with Crippen LogP contribution in [0.3, 0.4) is 0 Å². The number of carbonyl (C=O) groups is 2. The Kier molecular flexibility index (Phi) is 6.55. The fourth-order valence-corrected chi connectivity index (χ4v) is 2.09. The fraction of sp³-hybridized carbons (Fsp3) is 0.545. The summed E-state index contributed by atoms with van der Waals surface area (Å²) in [5.74, 6) is -0.896. The summed E-state index contributed by atoms with van der Waals surface area (Å²) < 4.78 is 0. The van der Waals surface area contributed by atoms with Gasteiger partial charge in [-0.15, -0.1) is 6.58 Å². The number of hydrogen-bond acceptors (Lipinski definition) is 3. The van der Waals surface area contributed by atoms with Crippen molar-refractivity contribution in [3.05, 3.63) is 12.7 Å². The molecule has 6 heteroatoms. The van der Waals surface area contributed by atoms with E-state index in [1.165, 1.54) is 0 Å². The van der Waals surface area contributed by atoms with Crippen LogP contribution in [-0.4, -0.2) is 17.0 Å².